The monoisotopic (exact) mass is 281 g/mol. The van der Waals surface area contributed by atoms with Gasteiger partial charge in [-0.05, 0) is 6.42 Å². The fourth-order valence-electron chi connectivity index (χ4n) is 2.18. The van der Waals surface area contributed by atoms with Crippen LogP contribution in [-0.2, 0) is 9.53 Å². The lowest BCUT2D eigenvalue weighted by Gasteiger charge is -2.21. The topological polar surface area (TPSA) is 84.8 Å². The third-order valence-electron chi connectivity index (χ3n) is 3.21. The number of rotatable bonds is 6. The van der Waals surface area contributed by atoms with Gasteiger partial charge in [-0.1, -0.05) is 6.92 Å². The Kier molecular flexibility index (Phi) is 4.73. The van der Waals surface area contributed by atoms with Crippen LogP contribution in [0.25, 0.3) is 0 Å². The molecule has 0 saturated carbocycles. The molecule has 2 unspecified atom stereocenters. The first-order valence-corrected chi connectivity index (χ1v) is 6.63. The van der Waals surface area contributed by atoms with Crippen molar-refractivity contribution in [1.29, 1.82) is 0 Å². The van der Waals surface area contributed by atoms with Crippen LogP contribution in [0.5, 0.6) is 5.88 Å². The second-order valence-corrected chi connectivity index (χ2v) is 4.64. The van der Waals surface area contributed by atoms with E-state index in [-0.39, 0.29) is 6.10 Å². The number of carboxylic acid groups (broad SMARTS) is 1. The van der Waals surface area contributed by atoms with Gasteiger partial charge in [0.05, 0.1) is 12.7 Å². The summed E-state index contributed by atoms with van der Waals surface area (Å²) in [6.07, 6.45) is 2.76. The minimum absolute atomic E-state index is 0.125. The third-order valence-corrected chi connectivity index (χ3v) is 3.21. The molecule has 1 aromatic rings. The van der Waals surface area contributed by atoms with Crippen molar-refractivity contribution in [2.75, 3.05) is 25.2 Å². The summed E-state index contributed by atoms with van der Waals surface area (Å²) in [5.74, 6) is -0.0690. The summed E-state index contributed by atoms with van der Waals surface area (Å²) in [4.78, 5) is 21.4. The van der Waals surface area contributed by atoms with Crippen molar-refractivity contribution >= 4 is 11.9 Å². The molecule has 2 rings (SSSR count). The number of aromatic nitrogens is 2. The summed E-state index contributed by atoms with van der Waals surface area (Å²) in [5.41, 5.74) is 0. The molecule has 0 aromatic carbocycles. The van der Waals surface area contributed by atoms with Crippen molar-refractivity contribution in [2.45, 2.75) is 31.9 Å². The van der Waals surface area contributed by atoms with Crippen molar-refractivity contribution in [3.63, 3.8) is 0 Å². The zero-order valence-corrected chi connectivity index (χ0v) is 11.7. The molecule has 0 bridgehead atoms. The fourth-order valence-corrected chi connectivity index (χ4v) is 2.18. The molecule has 7 nitrogen and oxygen atoms in total. The Balaban J connectivity index is 2.18. The molecular formula is C13H19N3O4. The van der Waals surface area contributed by atoms with Crippen LogP contribution in [0.15, 0.2) is 12.3 Å². The van der Waals surface area contributed by atoms with Crippen molar-refractivity contribution in [3.05, 3.63) is 12.3 Å². The summed E-state index contributed by atoms with van der Waals surface area (Å²) >= 11 is 0. The van der Waals surface area contributed by atoms with Crippen molar-refractivity contribution in [1.82, 2.24) is 9.97 Å². The highest BCUT2D eigenvalue weighted by Gasteiger charge is 2.38. The highest BCUT2D eigenvalue weighted by Crippen LogP contribution is 2.25. The normalized spacial score (nSPS) is 22.0. The smallest absolute Gasteiger partial charge is 0.326 e. The van der Waals surface area contributed by atoms with E-state index in [1.54, 1.807) is 24.3 Å². The third kappa shape index (κ3) is 3.16. The molecule has 1 N–H and O–H groups in total. The van der Waals surface area contributed by atoms with Crippen LogP contribution in [0.3, 0.4) is 0 Å². The van der Waals surface area contributed by atoms with Crippen LogP contribution >= 0.6 is 0 Å². The average Bonchev–Trinajstić information content (AvgIpc) is 2.90. The van der Waals surface area contributed by atoms with Gasteiger partial charge in [-0.15, -0.1) is 0 Å². The van der Waals surface area contributed by atoms with Crippen LogP contribution < -0.4 is 9.64 Å². The van der Waals surface area contributed by atoms with E-state index in [1.807, 2.05) is 6.92 Å². The van der Waals surface area contributed by atoms with Gasteiger partial charge in [-0.25, -0.2) is 9.78 Å². The number of hydrogen-bond acceptors (Lipinski definition) is 6. The first-order valence-electron chi connectivity index (χ1n) is 6.63. The Morgan fingerprint density at radius 1 is 1.60 bits per heavy atom. The summed E-state index contributed by atoms with van der Waals surface area (Å²) < 4.78 is 10.7. The molecule has 1 saturated heterocycles. The van der Waals surface area contributed by atoms with Crippen LogP contribution in [0.4, 0.5) is 5.95 Å². The Hall–Kier alpha value is -1.89. The molecule has 0 amide bonds. The summed E-state index contributed by atoms with van der Waals surface area (Å²) in [7, 11) is 1.58. The van der Waals surface area contributed by atoms with E-state index in [9.17, 15) is 9.90 Å². The van der Waals surface area contributed by atoms with Gasteiger partial charge in [0.25, 0.3) is 0 Å². The van der Waals surface area contributed by atoms with E-state index in [0.717, 1.165) is 6.42 Å². The van der Waals surface area contributed by atoms with E-state index in [1.165, 1.54) is 0 Å². The predicted molar refractivity (Wildman–Crippen MR) is 72.0 cm³/mol. The maximum Gasteiger partial charge on any atom is 0.326 e. The molecule has 20 heavy (non-hydrogen) atoms. The van der Waals surface area contributed by atoms with Crippen molar-refractivity contribution in [3.8, 4) is 5.88 Å². The first-order chi connectivity index (χ1) is 9.65. The van der Waals surface area contributed by atoms with E-state index < -0.39 is 12.0 Å². The van der Waals surface area contributed by atoms with Gasteiger partial charge in [0.2, 0.25) is 11.8 Å². The van der Waals surface area contributed by atoms with Gasteiger partial charge in [-0.3, -0.25) is 0 Å². The largest absolute Gasteiger partial charge is 0.480 e. The molecule has 2 atom stereocenters. The maximum atomic E-state index is 11.3. The summed E-state index contributed by atoms with van der Waals surface area (Å²) in [6.45, 7) is 3.04. The Morgan fingerprint density at radius 3 is 3.05 bits per heavy atom. The van der Waals surface area contributed by atoms with Gasteiger partial charge < -0.3 is 19.5 Å². The highest BCUT2D eigenvalue weighted by atomic mass is 16.5. The second kappa shape index (κ2) is 6.51. The number of nitrogens with zero attached hydrogens (tertiary/aromatic N) is 3. The number of carbonyl (C=O) groups is 1. The van der Waals surface area contributed by atoms with E-state index in [2.05, 4.69) is 9.97 Å². The predicted octanol–water partition coefficient (Wildman–Crippen LogP) is 0.944. The number of ether oxygens (including phenoxy) is 2. The van der Waals surface area contributed by atoms with E-state index in [0.29, 0.717) is 31.4 Å². The molecular weight excluding hydrogens is 262 g/mol. The second-order valence-electron chi connectivity index (χ2n) is 4.64. The van der Waals surface area contributed by atoms with Crippen LogP contribution in [0.2, 0.25) is 0 Å². The number of methoxy groups -OCH3 is 1. The zero-order valence-electron chi connectivity index (χ0n) is 11.7. The Labute approximate surface area is 117 Å². The minimum atomic E-state index is -0.895. The number of aliphatic carboxylic acids is 1. The molecule has 1 aliphatic rings. The Morgan fingerprint density at radius 2 is 2.40 bits per heavy atom. The molecule has 110 valence electrons. The molecule has 1 fully saturated rings. The lowest BCUT2D eigenvalue weighted by molar-refractivity contribution is -0.138. The number of hydrogen-bond donors (Lipinski definition) is 1. The number of carboxylic acids is 1. The van der Waals surface area contributed by atoms with E-state index in [4.69, 9.17) is 9.47 Å². The van der Waals surface area contributed by atoms with Crippen molar-refractivity contribution in [2.24, 2.45) is 0 Å². The van der Waals surface area contributed by atoms with E-state index >= 15 is 0 Å². The van der Waals surface area contributed by atoms with Gasteiger partial charge in [0.15, 0.2) is 0 Å². The highest BCUT2D eigenvalue weighted by molar-refractivity contribution is 5.78. The molecule has 0 radical (unpaired) electrons. The molecule has 1 aromatic heterocycles. The molecule has 2 heterocycles. The summed E-state index contributed by atoms with van der Waals surface area (Å²) in [5, 5.41) is 9.28. The quantitative estimate of drug-likeness (QED) is 0.830. The standard InChI is InChI=1S/C13H19N3O4/c1-3-6-20-11-4-5-14-13(15-11)16-8-9(19-2)7-10(16)12(17)18/h4-5,9-10H,3,6-8H2,1-2H3,(H,17,18). The van der Waals surface area contributed by atoms with Gasteiger partial charge >= 0.3 is 5.97 Å². The van der Waals surface area contributed by atoms with Gasteiger partial charge in [-0.2, -0.15) is 4.98 Å². The van der Waals surface area contributed by atoms with Crippen molar-refractivity contribution < 1.29 is 19.4 Å². The molecule has 0 aliphatic carbocycles. The molecule has 1 aliphatic heterocycles. The SMILES string of the molecule is CCCOc1ccnc(N2CC(OC)CC2C(=O)O)n1. The fraction of sp³-hybridized carbons (Fsp3) is 0.615. The van der Waals surface area contributed by atoms with Crippen LogP contribution in [0.1, 0.15) is 19.8 Å². The van der Waals surface area contributed by atoms with Crippen LogP contribution in [-0.4, -0.2) is 53.5 Å². The first kappa shape index (κ1) is 14.5. The number of anilines is 1. The summed E-state index contributed by atoms with van der Waals surface area (Å²) in [6, 6.07) is 1.00. The molecule has 0 spiro atoms. The lowest BCUT2D eigenvalue weighted by Crippen LogP contribution is -2.37. The van der Waals surface area contributed by atoms with Crippen LogP contribution in [0, 0.1) is 0 Å². The average molecular weight is 281 g/mol. The molecule has 7 heteroatoms. The minimum Gasteiger partial charge on any atom is -0.480 e. The van der Waals surface area contributed by atoms with Gasteiger partial charge in [0.1, 0.15) is 6.04 Å². The zero-order chi connectivity index (χ0) is 14.5. The maximum absolute atomic E-state index is 11.3. The Bertz CT molecular complexity index is 469. The van der Waals surface area contributed by atoms with Gasteiger partial charge in [0, 0.05) is 32.3 Å². The lowest BCUT2D eigenvalue weighted by atomic mass is 10.2.